The van der Waals surface area contributed by atoms with Gasteiger partial charge < -0.3 is 4.74 Å². The summed E-state index contributed by atoms with van der Waals surface area (Å²) in [5.74, 6) is 0.657. The van der Waals surface area contributed by atoms with Gasteiger partial charge in [-0.3, -0.25) is 4.90 Å². The predicted octanol–water partition coefficient (Wildman–Crippen LogP) is 3.60. The summed E-state index contributed by atoms with van der Waals surface area (Å²) in [6.07, 6.45) is 2.34. The van der Waals surface area contributed by atoms with Crippen molar-refractivity contribution in [3.8, 4) is 5.75 Å². The van der Waals surface area contributed by atoms with Gasteiger partial charge in [-0.05, 0) is 79.0 Å². The van der Waals surface area contributed by atoms with Gasteiger partial charge in [-0.15, -0.1) is 12.4 Å². The predicted molar refractivity (Wildman–Crippen MR) is 108 cm³/mol. The molecule has 1 N–H and O–H groups in total. The molecule has 1 aromatic carbocycles. The number of nitrogens with one attached hydrogen (secondary N) is 1. The summed E-state index contributed by atoms with van der Waals surface area (Å²) in [5.41, 5.74) is 1.86. The largest absolute Gasteiger partial charge is 0.497 e. The summed E-state index contributed by atoms with van der Waals surface area (Å²) >= 11 is 1.65. The number of likely N-dealkylation sites (tertiary alicyclic amines) is 1. The Morgan fingerprint density at radius 2 is 2.00 bits per heavy atom. The molecule has 8 heteroatoms. The SMILES string of the molecule is COc1ccc(S(=O)(=O)NCC(c2ccsc2)N2CCCC2)c(C)c1.Cl. The third kappa shape index (κ3) is 4.78. The molecule has 1 fully saturated rings. The van der Waals surface area contributed by atoms with E-state index in [1.54, 1.807) is 43.6 Å². The van der Waals surface area contributed by atoms with E-state index in [0.29, 0.717) is 22.8 Å². The number of thiophene rings is 1. The molecule has 26 heavy (non-hydrogen) atoms. The van der Waals surface area contributed by atoms with Crippen LogP contribution in [0.2, 0.25) is 0 Å². The Morgan fingerprint density at radius 3 is 2.58 bits per heavy atom. The number of rotatable bonds is 7. The van der Waals surface area contributed by atoms with Gasteiger partial charge in [0.15, 0.2) is 0 Å². The first-order valence-electron chi connectivity index (χ1n) is 8.42. The van der Waals surface area contributed by atoms with Crippen LogP contribution >= 0.6 is 23.7 Å². The van der Waals surface area contributed by atoms with Crippen LogP contribution in [0.3, 0.4) is 0 Å². The van der Waals surface area contributed by atoms with Gasteiger partial charge in [0, 0.05) is 12.6 Å². The molecule has 5 nitrogen and oxygen atoms in total. The molecule has 144 valence electrons. The van der Waals surface area contributed by atoms with Gasteiger partial charge in [0.2, 0.25) is 10.0 Å². The Kier molecular flexibility index (Phi) is 7.49. The molecule has 1 unspecified atom stereocenters. The molecule has 1 aliphatic rings. The highest BCUT2D eigenvalue weighted by Gasteiger charge is 2.26. The van der Waals surface area contributed by atoms with Gasteiger partial charge in [0.1, 0.15) is 5.75 Å². The zero-order valence-electron chi connectivity index (χ0n) is 15.0. The molecule has 0 aliphatic carbocycles. The van der Waals surface area contributed by atoms with Gasteiger partial charge in [0.25, 0.3) is 0 Å². The van der Waals surface area contributed by atoms with Crippen LogP contribution in [-0.4, -0.2) is 40.1 Å². The van der Waals surface area contributed by atoms with Gasteiger partial charge >= 0.3 is 0 Å². The number of benzene rings is 1. The number of hydrogen-bond donors (Lipinski definition) is 1. The van der Waals surface area contributed by atoms with E-state index in [-0.39, 0.29) is 18.4 Å². The summed E-state index contributed by atoms with van der Waals surface area (Å²) in [6.45, 7) is 4.20. The molecule has 1 saturated heterocycles. The van der Waals surface area contributed by atoms with E-state index in [9.17, 15) is 8.42 Å². The molecule has 1 aliphatic heterocycles. The first kappa shape index (κ1) is 21.2. The minimum atomic E-state index is -3.56. The van der Waals surface area contributed by atoms with E-state index < -0.39 is 10.0 Å². The fourth-order valence-electron chi connectivity index (χ4n) is 3.29. The van der Waals surface area contributed by atoms with Crippen molar-refractivity contribution in [2.45, 2.75) is 30.7 Å². The molecule has 1 aromatic heterocycles. The third-order valence-corrected chi connectivity index (χ3v) is 6.93. The maximum Gasteiger partial charge on any atom is 0.240 e. The molecule has 2 heterocycles. The lowest BCUT2D eigenvalue weighted by molar-refractivity contribution is 0.247. The summed E-state index contributed by atoms with van der Waals surface area (Å²) in [4.78, 5) is 2.67. The second kappa shape index (κ2) is 9.19. The smallest absolute Gasteiger partial charge is 0.240 e. The van der Waals surface area contributed by atoms with E-state index in [0.717, 1.165) is 13.1 Å². The van der Waals surface area contributed by atoms with Crippen LogP contribution in [0, 0.1) is 6.92 Å². The summed E-state index contributed by atoms with van der Waals surface area (Å²) < 4.78 is 33.5. The molecule has 0 spiro atoms. The highest BCUT2D eigenvalue weighted by molar-refractivity contribution is 7.89. The number of hydrogen-bond acceptors (Lipinski definition) is 5. The minimum Gasteiger partial charge on any atom is -0.497 e. The second-order valence-corrected chi connectivity index (χ2v) is 8.81. The van der Waals surface area contributed by atoms with Crippen LogP contribution < -0.4 is 9.46 Å². The Hall–Kier alpha value is -1.12. The zero-order valence-corrected chi connectivity index (χ0v) is 17.4. The average Bonchev–Trinajstić information content (AvgIpc) is 3.28. The molecule has 0 bridgehead atoms. The lowest BCUT2D eigenvalue weighted by Crippen LogP contribution is -2.36. The van der Waals surface area contributed by atoms with E-state index in [4.69, 9.17) is 4.74 Å². The highest BCUT2D eigenvalue weighted by atomic mass is 35.5. The van der Waals surface area contributed by atoms with Crippen LogP contribution in [0.5, 0.6) is 5.75 Å². The van der Waals surface area contributed by atoms with Gasteiger partial charge in [-0.1, -0.05) is 0 Å². The molecule has 1 atom stereocenters. The maximum absolute atomic E-state index is 12.8. The summed E-state index contributed by atoms with van der Waals surface area (Å²) in [7, 11) is -1.99. The molecule has 0 amide bonds. The Bertz CT molecular complexity index is 804. The number of nitrogens with zero attached hydrogens (tertiary/aromatic N) is 1. The van der Waals surface area contributed by atoms with Crippen molar-refractivity contribution in [3.63, 3.8) is 0 Å². The van der Waals surface area contributed by atoms with Crippen molar-refractivity contribution in [3.05, 3.63) is 46.2 Å². The average molecular weight is 417 g/mol. The lowest BCUT2D eigenvalue weighted by Gasteiger charge is -2.27. The fraction of sp³-hybridized carbons (Fsp3) is 0.444. The first-order valence-corrected chi connectivity index (χ1v) is 10.8. The molecule has 2 aromatic rings. The standard InChI is InChI=1S/C18H24N2O3S2.ClH/c1-14-11-16(23-2)5-6-18(14)25(21,22)19-12-17(15-7-10-24-13-15)20-8-3-4-9-20;/h5-7,10-11,13,17,19H,3-4,8-9,12H2,1-2H3;1H. The van der Waals surface area contributed by atoms with Gasteiger partial charge in [0.05, 0.1) is 12.0 Å². The van der Waals surface area contributed by atoms with Crippen molar-refractivity contribution in [1.82, 2.24) is 9.62 Å². The minimum absolute atomic E-state index is 0. The maximum atomic E-state index is 12.8. The number of sulfonamides is 1. The fourth-order valence-corrected chi connectivity index (χ4v) is 5.26. The van der Waals surface area contributed by atoms with Crippen LogP contribution in [-0.2, 0) is 10.0 Å². The van der Waals surface area contributed by atoms with Crippen molar-refractivity contribution in [2.75, 3.05) is 26.7 Å². The van der Waals surface area contributed by atoms with E-state index in [1.807, 2.05) is 5.38 Å². The van der Waals surface area contributed by atoms with Crippen molar-refractivity contribution in [1.29, 1.82) is 0 Å². The number of methoxy groups -OCH3 is 1. The number of ether oxygens (including phenoxy) is 1. The highest BCUT2D eigenvalue weighted by Crippen LogP contribution is 2.27. The van der Waals surface area contributed by atoms with Gasteiger partial charge in [-0.25, -0.2) is 13.1 Å². The third-order valence-electron chi connectivity index (χ3n) is 4.65. The Labute approximate surface area is 165 Å². The summed E-state index contributed by atoms with van der Waals surface area (Å²) in [5, 5.41) is 4.15. The Balaban J connectivity index is 0.00000243. The normalized spacial score (nSPS) is 16.2. The topological polar surface area (TPSA) is 58.6 Å². The van der Waals surface area contributed by atoms with Crippen LogP contribution in [0.4, 0.5) is 0 Å². The van der Waals surface area contributed by atoms with E-state index in [1.165, 1.54) is 18.4 Å². The molecule has 3 rings (SSSR count). The lowest BCUT2D eigenvalue weighted by atomic mass is 10.1. The molecule has 0 saturated carbocycles. The van der Waals surface area contributed by atoms with Crippen LogP contribution in [0.25, 0.3) is 0 Å². The molecular weight excluding hydrogens is 392 g/mol. The Morgan fingerprint density at radius 1 is 1.27 bits per heavy atom. The monoisotopic (exact) mass is 416 g/mol. The number of halogens is 1. The molecular formula is C18H25ClN2O3S2. The second-order valence-electron chi connectivity index (χ2n) is 6.30. The van der Waals surface area contributed by atoms with Crippen LogP contribution in [0.1, 0.15) is 30.0 Å². The molecule has 0 radical (unpaired) electrons. The first-order chi connectivity index (χ1) is 12.0. The van der Waals surface area contributed by atoms with Crippen molar-refractivity contribution < 1.29 is 13.2 Å². The quantitative estimate of drug-likeness (QED) is 0.749. The van der Waals surface area contributed by atoms with Gasteiger partial charge in [-0.2, -0.15) is 11.3 Å². The van der Waals surface area contributed by atoms with Crippen molar-refractivity contribution >= 4 is 33.8 Å². The van der Waals surface area contributed by atoms with Crippen LogP contribution in [0.15, 0.2) is 39.9 Å². The zero-order chi connectivity index (χ0) is 17.9. The van der Waals surface area contributed by atoms with E-state index >= 15 is 0 Å². The van der Waals surface area contributed by atoms with E-state index in [2.05, 4.69) is 21.1 Å². The van der Waals surface area contributed by atoms with Crippen molar-refractivity contribution in [2.24, 2.45) is 0 Å². The summed E-state index contributed by atoms with van der Waals surface area (Å²) in [6, 6.07) is 7.19. The number of aryl methyl sites for hydroxylation is 1.